The predicted molar refractivity (Wildman–Crippen MR) is 53.9 cm³/mol. The van der Waals surface area contributed by atoms with Gasteiger partial charge in [-0.15, -0.1) is 12.1 Å². The quantitative estimate of drug-likeness (QED) is 0.529. The smallest absolute Gasteiger partial charge is 1.00 e. The molecule has 1 aromatic carbocycles. The molecule has 0 unspecified atom stereocenters. The fourth-order valence-electron chi connectivity index (χ4n) is 1.67. The van der Waals surface area contributed by atoms with E-state index in [1.807, 2.05) is 0 Å². The van der Waals surface area contributed by atoms with Gasteiger partial charge in [0.2, 0.25) is 0 Å². The van der Waals surface area contributed by atoms with Gasteiger partial charge in [-0.1, -0.05) is 0 Å². The average molecular weight is 283 g/mol. The Hall–Kier alpha value is 0.196. The second-order valence-corrected chi connectivity index (χ2v) is 3.38. The third-order valence-corrected chi connectivity index (χ3v) is 2.37. The third kappa shape index (κ3) is 4.29. The van der Waals surface area contributed by atoms with E-state index >= 15 is 0 Å². The van der Waals surface area contributed by atoms with E-state index in [-0.39, 0.29) is 52.0 Å². The van der Waals surface area contributed by atoms with Crippen LogP contribution in [0.2, 0.25) is 0 Å². The summed E-state index contributed by atoms with van der Waals surface area (Å²) in [6.07, 6.45) is 4.71. The van der Waals surface area contributed by atoms with Crippen molar-refractivity contribution in [3.63, 3.8) is 0 Å². The van der Waals surface area contributed by atoms with E-state index in [4.69, 9.17) is 4.74 Å². The van der Waals surface area contributed by atoms with Gasteiger partial charge in [0.1, 0.15) is 0 Å². The van der Waals surface area contributed by atoms with E-state index in [0.29, 0.717) is 5.75 Å². The standard InChI is InChI=1S/C11H12FO.BrH.Mg/c12-10-7-3-4-8-11(10)13-9-5-1-2-6-9;;/h3,7-9H,1-2,5-6H2;1H;/q-1;;+2/p-1. The average Bonchev–Trinajstić information content (AvgIpc) is 2.61. The second-order valence-electron chi connectivity index (χ2n) is 3.38. The number of hydrogen-bond donors (Lipinski definition) is 0. The van der Waals surface area contributed by atoms with Crippen molar-refractivity contribution in [2.24, 2.45) is 0 Å². The van der Waals surface area contributed by atoms with Crippen molar-refractivity contribution in [2.45, 2.75) is 31.8 Å². The first kappa shape index (κ1) is 15.2. The summed E-state index contributed by atoms with van der Waals surface area (Å²) in [6.45, 7) is 0. The molecule has 0 atom stereocenters. The summed E-state index contributed by atoms with van der Waals surface area (Å²) in [7, 11) is 0. The van der Waals surface area contributed by atoms with Crippen molar-refractivity contribution in [3.8, 4) is 5.75 Å². The van der Waals surface area contributed by atoms with Crippen LogP contribution >= 0.6 is 0 Å². The van der Waals surface area contributed by atoms with Gasteiger partial charge >= 0.3 is 23.1 Å². The Morgan fingerprint density at radius 3 is 2.60 bits per heavy atom. The minimum atomic E-state index is -0.286. The molecule has 1 fully saturated rings. The molecule has 0 heterocycles. The van der Waals surface area contributed by atoms with Crippen LogP contribution in [0.5, 0.6) is 5.75 Å². The van der Waals surface area contributed by atoms with Gasteiger partial charge in [-0.2, -0.15) is 12.1 Å². The molecule has 0 amide bonds. The normalized spacial score (nSPS) is 15.3. The van der Waals surface area contributed by atoms with E-state index in [1.165, 1.54) is 18.9 Å². The largest absolute Gasteiger partial charge is 2.00 e. The van der Waals surface area contributed by atoms with Gasteiger partial charge in [-0.05, 0) is 25.7 Å². The van der Waals surface area contributed by atoms with Crippen LogP contribution in [0.15, 0.2) is 18.2 Å². The first-order valence-corrected chi connectivity index (χ1v) is 4.68. The molecule has 1 nitrogen and oxygen atoms in total. The fraction of sp³-hybridized carbons (Fsp3) is 0.455. The summed E-state index contributed by atoms with van der Waals surface area (Å²) < 4.78 is 18.6. The van der Waals surface area contributed by atoms with Crippen LogP contribution in [-0.2, 0) is 0 Å². The minimum absolute atomic E-state index is 0. The predicted octanol–water partition coefficient (Wildman–Crippen LogP) is -0.430. The van der Waals surface area contributed by atoms with E-state index in [2.05, 4.69) is 6.07 Å². The van der Waals surface area contributed by atoms with Crippen LogP contribution < -0.4 is 21.7 Å². The number of ether oxygens (including phenoxy) is 1. The zero-order valence-electron chi connectivity index (χ0n) is 8.51. The molecule has 4 heteroatoms. The molecule has 2 rings (SSSR count). The topological polar surface area (TPSA) is 9.23 Å². The number of hydrogen-bond acceptors (Lipinski definition) is 1. The Morgan fingerprint density at radius 2 is 2.00 bits per heavy atom. The second kappa shape index (κ2) is 7.47. The Bertz CT molecular complexity index is 290. The Balaban J connectivity index is 0.000000980. The van der Waals surface area contributed by atoms with E-state index in [1.54, 1.807) is 12.1 Å². The molecular weight excluding hydrogens is 271 g/mol. The van der Waals surface area contributed by atoms with E-state index in [0.717, 1.165) is 12.8 Å². The Kier molecular flexibility index (Phi) is 7.56. The van der Waals surface area contributed by atoms with Crippen molar-refractivity contribution in [3.05, 3.63) is 30.1 Å². The van der Waals surface area contributed by atoms with Crippen LogP contribution in [0.25, 0.3) is 0 Å². The van der Waals surface area contributed by atoms with Gasteiger partial charge < -0.3 is 21.7 Å². The van der Waals surface area contributed by atoms with E-state index in [9.17, 15) is 4.39 Å². The fourth-order valence-corrected chi connectivity index (χ4v) is 1.67. The van der Waals surface area contributed by atoms with Gasteiger partial charge in [0.05, 0.1) is 11.9 Å². The van der Waals surface area contributed by atoms with E-state index < -0.39 is 0 Å². The molecule has 1 aliphatic carbocycles. The molecule has 0 saturated heterocycles. The van der Waals surface area contributed by atoms with Crippen LogP contribution in [0.3, 0.4) is 0 Å². The summed E-state index contributed by atoms with van der Waals surface area (Å²) in [5.74, 6) is 0.0556. The molecule has 0 N–H and O–H groups in total. The number of benzene rings is 1. The molecule has 0 radical (unpaired) electrons. The molecule has 1 saturated carbocycles. The van der Waals surface area contributed by atoms with Crippen molar-refractivity contribution in [1.29, 1.82) is 0 Å². The van der Waals surface area contributed by atoms with Crippen molar-refractivity contribution >= 4 is 23.1 Å². The Morgan fingerprint density at radius 1 is 1.33 bits per heavy atom. The van der Waals surface area contributed by atoms with Crippen LogP contribution in [0, 0.1) is 11.9 Å². The molecule has 78 valence electrons. The SMILES string of the molecule is Fc1cc[c-]cc1OC1CCCC1.[Br-].[Mg+2]. The van der Waals surface area contributed by atoms with Gasteiger partial charge in [-0.3, -0.25) is 0 Å². The van der Waals surface area contributed by atoms with Crippen LogP contribution in [0.1, 0.15) is 25.7 Å². The summed E-state index contributed by atoms with van der Waals surface area (Å²) in [5, 5.41) is 0. The Labute approximate surface area is 116 Å². The first-order valence-electron chi connectivity index (χ1n) is 4.68. The van der Waals surface area contributed by atoms with Crippen molar-refractivity contribution in [2.75, 3.05) is 0 Å². The zero-order chi connectivity index (χ0) is 9.10. The van der Waals surface area contributed by atoms with Crippen LogP contribution in [-0.4, -0.2) is 29.2 Å². The first-order chi connectivity index (χ1) is 6.36. The van der Waals surface area contributed by atoms with Gasteiger partial charge in [0.15, 0.2) is 0 Å². The monoisotopic (exact) mass is 282 g/mol. The maximum atomic E-state index is 13.1. The summed E-state index contributed by atoms with van der Waals surface area (Å²) in [4.78, 5) is 0. The number of halogens is 2. The molecular formula is C11H12BrFMgO. The van der Waals surface area contributed by atoms with Crippen LogP contribution in [0.4, 0.5) is 4.39 Å². The zero-order valence-corrected chi connectivity index (χ0v) is 11.5. The third-order valence-electron chi connectivity index (χ3n) is 2.37. The summed E-state index contributed by atoms with van der Waals surface area (Å²) in [6, 6.07) is 7.31. The molecule has 1 aromatic rings. The van der Waals surface area contributed by atoms with Gasteiger partial charge in [0, 0.05) is 5.75 Å². The minimum Gasteiger partial charge on any atom is -1.00 e. The molecule has 0 aliphatic heterocycles. The summed E-state index contributed by atoms with van der Waals surface area (Å²) >= 11 is 0. The molecule has 0 bridgehead atoms. The number of rotatable bonds is 2. The molecule has 0 aromatic heterocycles. The van der Waals surface area contributed by atoms with Crippen molar-refractivity contribution in [1.82, 2.24) is 0 Å². The maximum absolute atomic E-state index is 13.1. The summed E-state index contributed by atoms with van der Waals surface area (Å²) in [5.41, 5.74) is 0. The van der Waals surface area contributed by atoms with Gasteiger partial charge in [-0.25, -0.2) is 4.39 Å². The molecule has 0 spiro atoms. The van der Waals surface area contributed by atoms with Gasteiger partial charge in [0.25, 0.3) is 0 Å². The maximum Gasteiger partial charge on any atom is 2.00 e. The van der Waals surface area contributed by atoms with Crippen molar-refractivity contribution < 1.29 is 26.1 Å². The molecule has 15 heavy (non-hydrogen) atoms. The molecule has 1 aliphatic rings.